The van der Waals surface area contributed by atoms with E-state index in [4.69, 9.17) is 9.47 Å². The molecule has 0 spiro atoms. The van der Waals surface area contributed by atoms with Crippen molar-refractivity contribution < 1.29 is 14.3 Å². The molecule has 5 nitrogen and oxygen atoms in total. The summed E-state index contributed by atoms with van der Waals surface area (Å²) in [6.45, 7) is 4.59. The lowest BCUT2D eigenvalue weighted by molar-refractivity contribution is 0.0521. The maximum atomic E-state index is 11.6. The van der Waals surface area contributed by atoms with Crippen LogP contribution in [0, 0.1) is 5.92 Å². The Morgan fingerprint density at radius 1 is 1.76 bits per heavy atom. The van der Waals surface area contributed by atoms with Crippen LogP contribution in [0.4, 0.5) is 5.00 Å². The fraction of sp³-hybridized carbons (Fsp3) is 0.636. The summed E-state index contributed by atoms with van der Waals surface area (Å²) in [5, 5.41) is 4.04. The van der Waals surface area contributed by atoms with Crippen molar-refractivity contribution in [2.75, 3.05) is 31.7 Å². The number of hydrogen-bond donors (Lipinski definition) is 1. The summed E-state index contributed by atoms with van der Waals surface area (Å²) in [5.74, 6) is 0.158. The fourth-order valence-electron chi connectivity index (χ4n) is 1.70. The molecule has 1 aromatic rings. The van der Waals surface area contributed by atoms with Gasteiger partial charge in [-0.05, 0) is 13.3 Å². The Hall–Kier alpha value is -1.14. The van der Waals surface area contributed by atoms with Crippen LogP contribution < -0.4 is 5.32 Å². The van der Waals surface area contributed by atoms with Crippen LogP contribution in [0.25, 0.3) is 0 Å². The van der Waals surface area contributed by atoms with E-state index in [9.17, 15) is 4.79 Å². The van der Waals surface area contributed by atoms with Gasteiger partial charge in [0.1, 0.15) is 5.00 Å². The molecule has 0 bridgehead atoms. The summed E-state index contributed by atoms with van der Waals surface area (Å²) in [6.07, 6.45) is 1.07. The monoisotopic (exact) mass is 256 g/mol. The van der Waals surface area contributed by atoms with Gasteiger partial charge < -0.3 is 14.8 Å². The topological polar surface area (TPSA) is 60.5 Å². The molecule has 1 atom stereocenters. The lowest BCUT2D eigenvalue weighted by atomic mass is 10.1. The van der Waals surface area contributed by atoms with E-state index < -0.39 is 0 Å². The molecule has 1 saturated heterocycles. The highest BCUT2D eigenvalue weighted by atomic mass is 32.1. The first-order valence-corrected chi connectivity index (χ1v) is 6.61. The minimum absolute atomic E-state index is 0.362. The number of anilines is 1. The van der Waals surface area contributed by atoms with Crippen molar-refractivity contribution >= 4 is 22.3 Å². The molecule has 0 saturated carbocycles. The van der Waals surface area contributed by atoms with Gasteiger partial charge in [-0.25, -0.2) is 9.78 Å². The van der Waals surface area contributed by atoms with Crippen LogP contribution in [-0.4, -0.2) is 37.3 Å². The second-order valence-electron chi connectivity index (χ2n) is 3.86. The Morgan fingerprint density at radius 2 is 2.65 bits per heavy atom. The van der Waals surface area contributed by atoms with E-state index in [0.717, 1.165) is 31.2 Å². The molecule has 1 N–H and O–H groups in total. The number of nitrogens with zero attached hydrogens (tertiary/aromatic N) is 1. The molecule has 1 aliphatic heterocycles. The molecule has 1 fully saturated rings. The first-order chi connectivity index (χ1) is 8.31. The second kappa shape index (κ2) is 5.97. The van der Waals surface area contributed by atoms with Gasteiger partial charge in [-0.2, -0.15) is 0 Å². The predicted octanol–water partition coefficient (Wildman–Crippen LogP) is 1.77. The van der Waals surface area contributed by atoms with Crippen LogP contribution in [0.15, 0.2) is 5.51 Å². The molecule has 1 unspecified atom stereocenters. The third-order valence-electron chi connectivity index (χ3n) is 2.61. The molecule has 0 aromatic carbocycles. The molecule has 2 rings (SSSR count). The molecule has 1 aliphatic rings. The van der Waals surface area contributed by atoms with Gasteiger partial charge in [0, 0.05) is 19.1 Å². The zero-order chi connectivity index (χ0) is 12.1. The maximum absolute atomic E-state index is 11.6. The van der Waals surface area contributed by atoms with E-state index in [0.29, 0.717) is 18.2 Å². The molecule has 0 radical (unpaired) electrons. The second-order valence-corrected chi connectivity index (χ2v) is 4.72. The molecular formula is C11H16N2O3S. The van der Waals surface area contributed by atoms with E-state index in [2.05, 4.69) is 10.3 Å². The summed E-state index contributed by atoms with van der Waals surface area (Å²) >= 11 is 1.42. The first-order valence-electron chi connectivity index (χ1n) is 5.73. The standard InChI is InChI=1S/C11H16N2O3S/c1-2-16-11(14)9-10(17-7-13-9)12-5-8-3-4-15-6-8/h7-8,12H,2-6H2,1H3. The van der Waals surface area contributed by atoms with Gasteiger partial charge in [0.25, 0.3) is 0 Å². The van der Waals surface area contributed by atoms with E-state index >= 15 is 0 Å². The number of carbonyl (C=O) groups excluding carboxylic acids is 1. The average Bonchev–Trinajstić information content (AvgIpc) is 2.98. The summed E-state index contributed by atoms with van der Waals surface area (Å²) in [4.78, 5) is 15.6. The SMILES string of the molecule is CCOC(=O)c1ncsc1NCC1CCOC1. The van der Waals surface area contributed by atoms with Crippen molar-refractivity contribution in [3.63, 3.8) is 0 Å². The molecule has 0 amide bonds. The van der Waals surface area contributed by atoms with Crippen LogP contribution in [0.2, 0.25) is 0 Å². The maximum Gasteiger partial charge on any atom is 0.360 e. The molecule has 0 aliphatic carbocycles. The number of nitrogens with one attached hydrogen (secondary N) is 1. The number of carbonyl (C=O) groups is 1. The van der Waals surface area contributed by atoms with Crippen molar-refractivity contribution in [1.29, 1.82) is 0 Å². The summed E-state index contributed by atoms with van der Waals surface area (Å²) in [5.41, 5.74) is 2.04. The zero-order valence-corrected chi connectivity index (χ0v) is 10.6. The van der Waals surface area contributed by atoms with E-state index in [1.54, 1.807) is 12.4 Å². The number of aromatic nitrogens is 1. The zero-order valence-electron chi connectivity index (χ0n) is 9.77. The Labute approximate surface area is 104 Å². The van der Waals surface area contributed by atoms with Gasteiger partial charge in [-0.3, -0.25) is 0 Å². The normalized spacial score (nSPS) is 19.2. The number of rotatable bonds is 5. The lowest BCUT2D eigenvalue weighted by Gasteiger charge is -2.09. The highest BCUT2D eigenvalue weighted by Crippen LogP contribution is 2.22. The molecule has 1 aromatic heterocycles. The van der Waals surface area contributed by atoms with Crippen LogP contribution in [0.1, 0.15) is 23.8 Å². The lowest BCUT2D eigenvalue weighted by Crippen LogP contribution is -2.16. The van der Waals surface area contributed by atoms with Gasteiger partial charge in [0.15, 0.2) is 5.69 Å². The molecule has 2 heterocycles. The molecule has 94 valence electrons. The van der Waals surface area contributed by atoms with Gasteiger partial charge in [-0.1, -0.05) is 0 Å². The molecule has 6 heteroatoms. The Kier molecular flexibility index (Phi) is 4.33. The highest BCUT2D eigenvalue weighted by Gasteiger charge is 2.19. The van der Waals surface area contributed by atoms with Crippen LogP contribution in [-0.2, 0) is 9.47 Å². The Morgan fingerprint density at radius 3 is 3.35 bits per heavy atom. The Balaban J connectivity index is 1.91. The van der Waals surface area contributed by atoms with E-state index in [1.165, 1.54) is 11.3 Å². The summed E-state index contributed by atoms with van der Waals surface area (Å²) in [6, 6.07) is 0. The van der Waals surface area contributed by atoms with Gasteiger partial charge in [0.2, 0.25) is 0 Å². The Bertz CT molecular complexity index is 375. The minimum Gasteiger partial charge on any atom is -0.461 e. The smallest absolute Gasteiger partial charge is 0.360 e. The van der Waals surface area contributed by atoms with Crippen molar-refractivity contribution in [2.45, 2.75) is 13.3 Å². The third-order valence-corrected chi connectivity index (χ3v) is 3.40. The third kappa shape index (κ3) is 3.17. The molecular weight excluding hydrogens is 240 g/mol. The number of hydrogen-bond acceptors (Lipinski definition) is 6. The number of ether oxygens (including phenoxy) is 2. The quantitative estimate of drug-likeness (QED) is 0.814. The number of thiazole rings is 1. The summed E-state index contributed by atoms with van der Waals surface area (Å²) in [7, 11) is 0. The van der Waals surface area contributed by atoms with Crippen LogP contribution in [0.3, 0.4) is 0 Å². The van der Waals surface area contributed by atoms with Crippen molar-refractivity contribution in [2.24, 2.45) is 5.92 Å². The average molecular weight is 256 g/mol. The fourth-order valence-corrected chi connectivity index (χ4v) is 2.38. The van der Waals surface area contributed by atoms with Crippen LogP contribution in [0.5, 0.6) is 0 Å². The minimum atomic E-state index is -0.362. The van der Waals surface area contributed by atoms with Gasteiger partial charge in [-0.15, -0.1) is 11.3 Å². The van der Waals surface area contributed by atoms with Gasteiger partial charge >= 0.3 is 5.97 Å². The predicted molar refractivity (Wildman–Crippen MR) is 65.5 cm³/mol. The van der Waals surface area contributed by atoms with E-state index in [-0.39, 0.29) is 5.97 Å². The van der Waals surface area contributed by atoms with Gasteiger partial charge in [0.05, 0.1) is 18.7 Å². The van der Waals surface area contributed by atoms with Crippen LogP contribution >= 0.6 is 11.3 Å². The largest absolute Gasteiger partial charge is 0.461 e. The van der Waals surface area contributed by atoms with Crippen molar-refractivity contribution in [3.05, 3.63) is 11.2 Å². The highest BCUT2D eigenvalue weighted by molar-refractivity contribution is 7.14. The van der Waals surface area contributed by atoms with E-state index in [1.807, 2.05) is 0 Å². The van der Waals surface area contributed by atoms with Crippen molar-refractivity contribution in [1.82, 2.24) is 4.98 Å². The van der Waals surface area contributed by atoms with Crippen molar-refractivity contribution in [3.8, 4) is 0 Å². The summed E-state index contributed by atoms with van der Waals surface area (Å²) < 4.78 is 10.2. The molecule has 17 heavy (non-hydrogen) atoms. The first kappa shape index (κ1) is 12.3. The number of esters is 1.